The quantitative estimate of drug-likeness (QED) is 0.824. The van der Waals surface area contributed by atoms with Crippen LogP contribution in [0.25, 0.3) is 0 Å². The van der Waals surface area contributed by atoms with Crippen LogP contribution < -0.4 is 10.1 Å². The second kappa shape index (κ2) is 4.87. The van der Waals surface area contributed by atoms with E-state index in [9.17, 15) is 14.4 Å². The largest absolute Gasteiger partial charge is 0.496 e. The molecular weight excluding hydrogens is 272 g/mol. The number of rotatable bonds is 2. The van der Waals surface area contributed by atoms with E-state index < -0.39 is 11.9 Å². The van der Waals surface area contributed by atoms with E-state index in [2.05, 4.69) is 5.32 Å². The SMILES string of the molecule is COc1cccc2c1C(C)N(C1CCC(=O)NC1=O)C2=O. The van der Waals surface area contributed by atoms with Gasteiger partial charge in [-0.15, -0.1) is 0 Å². The standard InChI is InChI=1S/C15H16N2O4/c1-8-13-9(4-3-5-11(13)21-2)15(20)17(8)10-6-7-12(18)16-14(10)19/h3-5,8,10H,6-7H2,1-2H3,(H,16,18,19). The summed E-state index contributed by atoms with van der Waals surface area (Å²) in [4.78, 5) is 37.4. The minimum atomic E-state index is -0.609. The topological polar surface area (TPSA) is 75.7 Å². The molecule has 0 spiro atoms. The lowest BCUT2D eigenvalue weighted by molar-refractivity contribution is -0.137. The van der Waals surface area contributed by atoms with Crippen LogP contribution in [-0.4, -0.2) is 35.8 Å². The molecular formula is C15H16N2O4. The molecule has 2 aliphatic heterocycles. The molecule has 2 aliphatic rings. The van der Waals surface area contributed by atoms with Crippen molar-refractivity contribution in [3.8, 4) is 5.75 Å². The van der Waals surface area contributed by atoms with E-state index in [-0.39, 0.29) is 24.3 Å². The fourth-order valence-electron chi connectivity index (χ4n) is 3.15. The number of fused-ring (bicyclic) bond motifs is 1. The van der Waals surface area contributed by atoms with Crippen molar-refractivity contribution < 1.29 is 19.1 Å². The van der Waals surface area contributed by atoms with Crippen molar-refractivity contribution in [3.63, 3.8) is 0 Å². The van der Waals surface area contributed by atoms with Crippen LogP contribution in [0.15, 0.2) is 18.2 Å². The molecule has 0 aliphatic carbocycles. The van der Waals surface area contributed by atoms with Crippen LogP contribution in [0.5, 0.6) is 5.75 Å². The molecule has 3 rings (SSSR count). The number of hydrogen-bond acceptors (Lipinski definition) is 4. The fraction of sp³-hybridized carbons (Fsp3) is 0.400. The van der Waals surface area contributed by atoms with Crippen molar-refractivity contribution in [1.29, 1.82) is 0 Å². The molecule has 1 fully saturated rings. The molecule has 2 heterocycles. The second-order valence-corrected chi connectivity index (χ2v) is 5.28. The van der Waals surface area contributed by atoms with Crippen molar-refractivity contribution in [2.24, 2.45) is 0 Å². The first-order valence-corrected chi connectivity index (χ1v) is 6.88. The minimum Gasteiger partial charge on any atom is -0.496 e. The molecule has 0 aromatic heterocycles. The number of hydrogen-bond donors (Lipinski definition) is 1. The Bertz CT molecular complexity index is 641. The van der Waals surface area contributed by atoms with Gasteiger partial charge in [-0.2, -0.15) is 0 Å². The first-order valence-electron chi connectivity index (χ1n) is 6.88. The van der Waals surface area contributed by atoms with Gasteiger partial charge in [0.05, 0.1) is 13.2 Å². The number of amides is 3. The van der Waals surface area contributed by atoms with E-state index in [4.69, 9.17) is 4.74 Å². The number of benzene rings is 1. The van der Waals surface area contributed by atoms with Crippen LogP contribution in [0.3, 0.4) is 0 Å². The number of imide groups is 1. The summed E-state index contributed by atoms with van der Waals surface area (Å²) in [7, 11) is 1.56. The monoisotopic (exact) mass is 288 g/mol. The Morgan fingerprint density at radius 2 is 2.05 bits per heavy atom. The zero-order chi connectivity index (χ0) is 15.1. The highest BCUT2D eigenvalue weighted by molar-refractivity contribution is 6.06. The van der Waals surface area contributed by atoms with Gasteiger partial charge in [-0.05, 0) is 25.5 Å². The molecule has 21 heavy (non-hydrogen) atoms. The summed E-state index contributed by atoms with van der Waals surface area (Å²) >= 11 is 0. The van der Waals surface area contributed by atoms with E-state index in [1.165, 1.54) is 0 Å². The van der Waals surface area contributed by atoms with E-state index in [1.807, 2.05) is 6.92 Å². The summed E-state index contributed by atoms with van der Waals surface area (Å²) in [6.45, 7) is 1.87. The Morgan fingerprint density at radius 3 is 2.71 bits per heavy atom. The van der Waals surface area contributed by atoms with Crippen LogP contribution in [0.2, 0.25) is 0 Å². The molecule has 110 valence electrons. The maximum atomic E-state index is 12.6. The molecule has 2 unspecified atom stereocenters. The van der Waals surface area contributed by atoms with Gasteiger partial charge in [-0.3, -0.25) is 19.7 Å². The number of nitrogens with one attached hydrogen (secondary N) is 1. The lowest BCUT2D eigenvalue weighted by Gasteiger charge is -2.33. The molecule has 6 heteroatoms. The predicted molar refractivity (Wildman–Crippen MR) is 73.8 cm³/mol. The zero-order valence-corrected chi connectivity index (χ0v) is 11.9. The summed E-state index contributed by atoms with van der Waals surface area (Å²) < 4.78 is 5.32. The van der Waals surface area contributed by atoms with Gasteiger partial charge in [0, 0.05) is 17.5 Å². The van der Waals surface area contributed by atoms with Crippen molar-refractivity contribution >= 4 is 17.7 Å². The Hall–Kier alpha value is -2.37. The summed E-state index contributed by atoms with van der Waals surface area (Å²) in [5.74, 6) is -0.238. The van der Waals surface area contributed by atoms with E-state index >= 15 is 0 Å². The van der Waals surface area contributed by atoms with Crippen LogP contribution in [0, 0.1) is 0 Å². The predicted octanol–water partition coefficient (Wildman–Crippen LogP) is 1.02. The average molecular weight is 288 g/mol. The number of methoxy groups -OCH3 is 1. The summed E-state index contributed by atoms with van der Waals surface area (Å²) in [6.07, 6.45) is 0.609. The van der Waals surface area contributed by atoms with Crippen molar-refractivity contribution in [2.45, 2.75) is 31.8 Å². The smallest absolute Gasteiger partial charge is 0.255 e. The summed E-state index contributed by atoms with van der Waals surface area (Å²) in [5, 5.41) is 2.30. The Labute approximate surface area is 122 Å². The van der Waals surface area contributed by atoms with Crippen molar-refractivity contribution in [1.82, 2.24) is 10.2 Å². The van der Waals surface area contributed by atoms with Gasteiger partial charge in [0.25, 0.3) is 5.91 Å². The summed E-state index contributed by atoms with van der Waals surface area (Å²) in [6, 6.07) is 4.44. The molecule has 1 aromatic carbocycles. The average Bonchev–Trinajstić information content (AvgIpc) is 2.72. The third kappa shape index (κ3) is 1.98. The Morgan fingerprint density at radius 1 is 1.29 bits per heavy atom. The minimum absolute atomic E-state index is 0.189. The van der Waals surface area contributed by atoms with Gasteiger partial charge in [0.15, 0.2) is 0 Å². The van der Waals surface area contributed by atoms with Gasteiger partial charge in [0.2, 0.25) is 11.8 Å². The highest BCUT2D eigenvalue weighted by Crippen LogP contribution is 2.41. The third-order valence-corrected chi connectivity index (χ3v) is 4.13. The fourth-order valence-corrected chi connectivity index (χ4v) is 3.15. The van der Waals surface area contributed by atoms with Gasteiger partial charge >= 0.3 is 0 Å². The Balaban J connectivity index is 1.98. The van der Waals surface area contributed by atoms with Crippen LogP contribution >= 0.6 is 0 Å². The number of nitrogens with zero attached hydrogens (tertiary/aromatic N) is 1. The molecule has 0 bridgehead atoms. The van der Waals surface area contributed by atoms with E-state index in [1.54, 1.807) is 30.2 Å². The molecule has 2 atom stereocenters. The Kier molecular flexibility index (Phi) is 3.16. The first kappa shape index (κ1) is 13.6. The number of ether oxygens (including phenoxy) is 1. The maximum Gasteiger partial charge on any atom is 0.255 e. The second-order valence-electron chi connectivity index (χ2n) is 5.28. The van der Waals surface area contributed by atoms with E-state index in [0.29, 0.717) is 17.7 Å². The van der Waals surface area contributed by atoms with Gasteiger partial charge in [-0.1, -0.05) is 6.07 Å². The lowest BCUT2D eigenvalue weighted by Crippen LogP contribution is -2.53. The first-order chi connectivity index (χ1) is 10.0. The molecule has 0 saturated carbocycles. The molecule has 0 radical (unpaired) electrons. The van der Waals surface area contributed by atoms with Gasteiger partial charge < -0.3 is 9.64 Å². The van der Waals surface area contributed by atoms with Gasteiger partial charge in [-0.25, -0.2) is 0 Å². The highest BCUT2D eigenvalue weighted by atomic mass is 16.5. The normalized spacial score (nSPS) is 24.9. The number of piperidine rings is 1. The van der Waals surface area contributed by atoms with Crippen LogP contribution in [0.1, 0.15) is 41.7 Å². The molecule has 1 aromatic rings. The molecule has 1 saturated heterocycles. The number of carbonyl (C=O) groups excluding carboxylic acids is 3. The zero-order valence-electron chi connectivity index (χ0n) is 11.9. The number of carbonyl (C=O) groups is 3. The molecule has 6 nitrogen and oxygen atoms in total. The van der Waals surface area contributed by atoms with Crippen molar-refractivity contribution in [2.75, 3.05) is 7.11 Å². The summed E-state index contributed by atoms with van der Waals surface area (Å²) in [5.41, 5.74) is 1.36. The molecule has 3 amide bonds. The molecule has 1 N–H and O–H groups in total. The maximum absolute atomic E-state index is 12.6. The third-order valence-electron chi connectivity index (χ3n) is 4.13. The van der Waals surface area contributed by atoms with Crippen LogP contribution in [0.4, 0.5) is 0 Å². The highest BCUT2D eigenvalue weighted by Gasteiger charge is 2.44. The van der Waals surface area contributed by atoms with E-state index in [0.717, 1.165) is 5.56 Å². The van der Waals surface area contributed by atoms with Crippen LogP contribution in [-0.2, 0) is 9.59 Å². The lowest BCUT2D eigenvalue weighted by atomic mass is 10.0. The van der Waals surface area contributed by atoms with Crippen molar-refractivity contribution in [3.05, 3.63) is 29.3 Å². The van der Waals surface area contributed by atoms with Gasteiger partial charge in [0.1, 0.15) is 11.8 Å².